The zero-order valence-corrected chi connectivity index (χ0v) is 13.0. The minimum absolute atomic E-state index is 0.237. The highest BCUT2D eigenvalue weighted by atomic mass is 79.9. The lowest BCUT2D eigenvalue weighted by molar-refractivity contribution is -0.132. The number of rotatable bonds is 5. The maximum atomic E-state index is 11.5. The number of carboxylic acid groups (broad SMARTS) is 1. The van der Waals surface area contributed by atoms with E-state index in [9.17, 15) is 9.59 Å². The first-order chi connectivity index (χ1) is 9.40. The van der Waals surface area contributed by atoms with Crippen LogP contribution in [0.1, 0.15) is 13.3 Å². The average Bonchev–Trinajstić information content (AvgIpc) is 2.37. The Morgan fingerprint density at radius 3 is 2.80 bits per heavy atom. The maximum absolute atomic E-state index is 11.5. The lowest BCUT2D eigenvalue weighted by Gasteiger charge is -2.07. The van der Waals surface area contributed by atoms with E-state index in [1.54, 1.807) is 18.2 Å². The molecule has 0 heterocycles. The molecule has 0 atom stereocenters. The monoisotopic (exact) mass is 361 g/mol. The van der Waals surface area contributed by atoms with Gasteiger partial charge in [0.1, 0.15) is 5.75 Å². The number of amides is 1. The fourth-order valence-corrected chi connectivity index (χ4v) is 2.01. The van der Waals surface area contributed by atoms with Crippen LogP contribution in [0.15, 0.2) is 34.3 Å². The SMILES string of the molecule is CC(=CCCNC(=O)Oc1ccc(Cl)cc1Br)C(=O)O. The third kappa shape index (κ3) is 5.63. The molecule has 2 N–H and O–H groups in total. The highest BCUT2D eigenvalue weighted by Gasteiger charge is 2.07. The molecule has 0 bridgehead atoms. The normalized spacial score (nSPS) is 11.1. The Kier molecular flexibility index (Phi) is 6.54. The van der Waals surface area contributed by atoms with Gasteiger partial charge in [0.2, 0.25) is 0 Å². The number of carbonyl (C=O) groups excluding carboxylic acids is 1. The van der Waals surface area contributed by atoms with Gasteiger partial charge in [-0.3, -0.25) is 0 Å². The molecular weight excluding hydrogens is 350 g/mol. The van der Waals surface area contributed by atoms with Crippen LogP contribution in [-0.2, 0) is 4.79 Å². The molecule has 0 fully saturated rings. The van der Waals surface area contributed by atoms with Crippen molar-refractivity contribution in [3.05, 3.63) is 39.3 Å². The van der Waals surface area contributed by atoms with Crippen molar-refractivity contribution in [3.8, 4) is 5.75 Å². The van der Waals surface area contributed by atoms with Gasteiger partial charge in [-0.25, -0.2) is 9.59 Å². The molecule has 0 aliphatic rings. The van der Waals surface area contributed by atoms with Gasteiger partial charge >= 0.3 is 12.1 Å². The van der Waals surface area contributed by atoms with Gasteiger partial charge in [0, 0.05) is 17.1 Å². The van der Waals surface area contributed by atoms with E-state index in [2.05, 4.69) is 21.2 Å². The number of hydrogen-bond donors (Lipinski definition) is 2. The molecule has 0 saturated carbocycles. The molecule has 0 aliphatic heterocycles. The largest absolute Gasteiger partial charge is 0.478 e. The highest BCUT2D eigenvalue weighted by Crippen LogP contribution is 2.27. The molecule has 1 aromatic rings. The predicted molar refractivity (Wildman–Crippen MR) is 79.2 cm³/mol. The summed E-state index contributed by atoms with van der Waals surface area (Å²) >= 11 is 9.00. The number of aliphatic carboxylic acids is 1. The molecule has 20 heavy (non-hydrogen) atoms. The van der Waals surface area contributed by atoms with Crippen LogP contribution in [0.3, 0.4) is 0 Å². The van der Waals surface area contributed by atoms with E-state index in [0.717, 1.165) is 0 Å². The van der Waals surface area contributed by atoms with E-state index in [4.69, 9.17) is 21.4 Å². The summed E-state index contributed by atoms with van der Waals surface area (Å²) in [6.45, 7) is 1.78. The van der Waals surface area contributed by atoms with Crippen LogP contribution in [0.4, 0.5) is 4.79 Å². The van der Waals surface area contributed by atoms with Gasteiger partial charge < -0.3 is 15.2 Å². The highest BCUT2D eigenvalue weighted by molar-refractivity contribution is 9.10. The van der Waals surface area contributed by atoms with E-state index < -0.39 is 12.1 Å². The maximum Gasteiger partial charge on any atom is 0.412 e. The molecule has 0 aromatic heterocycles. The van der Waals surface area contributed by atoms with Crippen molar-refractivity contribution in [2.45, 2.75) is 13.3 Å². The third-order valence-electron chi connectivity index (χ3n) is 2.30. The molecule has 108 valence electrons. The van der Waals surface area contributed by atoms with Crippen molar-refractivity contribution in [2.24, 2.45) is 0 Å². The molecule has 1 amide bonds. The van der Waals surface area contributed by atoms with Gasteiger partial charge in [0.25, 0.3) is 0 Å². The number of hydrogen-bond acceptors (Lipinski definition) is 3. The standard InChI is InChI=1S/C13H13BrClNO4/c1-8(12(17)18)3-2-6-16-13(19)20-11-5-4-9(15)7-10(11)14/h3-5,7H,2,6H2,1H3,(H,16,19)(H,17,18). The van der Waals surface area contributed by atoms with Gasteiger partial charge in [0.15, 0.2) is 0 Å². The van der Waals surface area contributed by atoms with Crippen LogP contribution in [0, 0.1) is 0 Å². The third-order valence-corrected chi connectivity index (χ3v) is 3.15. The van der Waals surface area contributed by atoms with Crippen LogP contribution < -0.4 is 10.1 Å². The molecule has 0 spiro atoms. The Hall–Kier alpha value is -1.53. The van der Waals surface area contributed by atoms with Crippen molar-refractivity contribution >= 4 is 39.6 Å². The first-order valence-electron chi connectivity index (χ1n) is 5.71. The molecule has 0 saturated heterocycles. The van der Waals surface area contributed by atoms with Crippen LogP contribution in [0.2, 0.25) is 5.02 Å². The van der Waals surface area contributed by atoms with Crippen LogP contribution in [0.25, 0.3) is 0 Å². The Bertz CT molecular complexity index is 545. The number of ether oxygens (including phenoxy) is 1. The second-order valence-corrected chi connectivity index (χ2v) is 5.16. The molecule has 0 unspecified atom stereocenters. The van der Waals surface area contributed by atoms with Crippen molar-refractivity contribution < 1.29 is 19.4 Å². The quantitative estimate of drug-likeness (QED) is 0.620. The molecule has 1 aromatic carbocycles. The second kappa shape index (κ2) is 7.91. The second-order valence-electron chi connectivity index (χ2n) is 3.87. The van der Waals surface area contributed by atoms with Crippen molar-refractivity contribution in [1.82, 2.24) is 5.32 Å². The fourth-order valence-electron chi connectivity index (χ4n) is 1.24. The van der Waals surface area contributed by atoms with E-state index in [0.29, 0.717) is 21.7 Å². The zero-order chi connectivity index (χ0) is 15.1. The van der Waals surface area contributed by atoms with Crippen LogP contribution in [-0.4, -0.2) is 23.7 Å². The first-order valence-corrected chi connectivity index (χ1v) is 6.88. The van der Waals surface area contributed by atoms with Gasteiger partial charge in [-0.1, -0.05) is 17.7 Å². The first kappa shape index (κ1) is 16.5. The molecule has 7 heteroatoms. The summed E-state index contributed by atoms with van der Waals surface area (Å²) in [6, 6.07) is 4.79. The van der Waals surface area contributed by atoms with Gasteiger partial charge in [-0.05, 0) is 47.5 Å². The Balaban J connectivity index is 2.41. The van der Waals surface area contributed by atoms with Crippen LogP contribution in [0.5, 0.6) is 5.75 Å². The van der Waals surface area contributed by atoms with Crippen molar-refractivity contribution in [1.29, 1.82) is 0 Å². The minimum Gasteiger partial charge on any atom is -0.478 e. The average molecular weight is 363 g/mol. The molecule has 0 radical (unpaired) electrons. The van der Waals surface area contributed by atoms with Gasteiger partial charge in [-0.2, -0.15) is 0 Å². The summed E-state index contributed by atoms with van der Waals surface area (Å²) < 4.78 is 5.63. The van der Waals surface area contributed by atoms with Crippen molar-refractivity contribution in [2.75, 3.05) is 6.54 Å². The summed E-state index contributed by atoms with van der Waals surface area (Å²) in [5.74, 6) is -0.623. The van der Waals surface area contributed by atoms with Gasteiger partial charge in [-0.15, -0.1) is 0 Å². The summed E-state index contributed by atoms with van der Waals surface area (Å²) in [4.78, 5) is 22.0. The van der Waals surface area contributed by atoms with Crippen molar-refractivity contribution in [3.63, 3.8) is 0 Å². The summed E-state index contributed by atoms with van der Waals surface area (Å²) in [5.41, 5.74) is 0.237. The molecule has 5 nitrogen and oxygen atoms in total. The number of carboxylic acids is 1. The van der Waals surface area contributed by atoms with E-state index in [1.165, 1.54) is 13.0 Å². The summed E-state index contributed by atoms with van der Waals surface area (Å²) in [6.07, 6.45) is 1.32. The van der Waals surface area contributed by atoms with E-state index in [1.807, 2.05) is 0 Å². The number of nitrogens with one attached hydrogen (secondary N) is 1. The number of benzene rings is 1. The smallest absolute Gasteiger partial charge is 0.412 e. The lowest BCUT2D eigenvalue weighted by atomic mass is 10.2. The minimum atomic E-state index is -0.974. The van der Waals surface area contributed by atoms with Crippen LogP contribution >= 0.6 is 27.5 Å². The summed E-state index contributed by atoms with van der Waals surface area (Å²) in [7, 11) is 0. The van der Waals surface area contributed by atoms with E-state index in [-0.39, 0.29) is 12.1 Å². The molecule has 0 aliphatic carbocycles. The Morgan fingerprint density at radius 1 is 1.50 bits per heavy atom. The molecular formula is C13H13BrClNO4. The number of halogens is 2. The van der Waals surface area contributed by atoms with Gasteiger partial charge in [0.05, 0.1) is 4.47 Å². The topological polar surface area (TPSA) is 75.6 Å². The van der Waals surface area contributed by atoms with E-state index >= 15 is 0 Å². The summed E-state index contributed by atoms with van der Waals surface area (Å²) in [5, 5.41) is 11.7. The Morgan fingerprint density at radius 2 is 2.20 bits per heavy atom. The fraction of sp³-hybridized carbons (Fsp3) is 0.231. The number of carbonyl (C=O) groups is 2. The molecule has 1 rings (SSSR count). The predicted octanol–water partition coefficient (Wildman–Crippen LogP) is 3.61. The zero-order valence-electron chi connectivity index (χ0n) is 10.7. The Labute approximate surface area is 129 Å². The lowest BCUT2D eigenvalue weighted by Crippen LogP contribution is -2.27.